The standard InChI is InChI=1S/C12H15BrFNO2/c1-8(13)7-15(2)12(16)9-4-5-11(17-3)10(14)6-9/h4-6,8H,7H2,1-3H3. The molecule has 1 aromatic carbocycles. The van der Waals surface area contributed by atoms with Gasteiger partial charge in [0.2, 0.25) is 0 Å². The SMILES string of the molecule is COc1ccc(C(=O)N(C)CC(C)Br)cc1F. The minimum atomic E-state index is -0.529. The summed E-state index contributed by atoms with van der Waals surface area (Å²) >= 11 is 3.37. The summed E-state index contributed by atoms with van der Waals surface area (Å²) < 4.78 is 18.2. The summed E-state index contributed by atoms with van der Waals surface area (Å²) in [6, 6.07) is 4.20. The third kappa shape index (κ3) is 3.70. The number of benzene rings is 1. The van der Waals surface area contributed by atoms with E-state index < -0.39 is 5.82 Å². The molecule has 1 amide bonds. The lowest BCUT2D eigenvalue weighted by Crippen LogP contribution is -2.31. The molecule has 0 N–H and O–H groups in total. The highest BCUT2D eigenvalue weighted by Gasteiger charge is 2.15. The molecule has 1 unspecified atom stereocenters. The summed E-state index contributed by atoms with van der Waals surface area (Å²) in [5.41, 5.74) is 0.318. The van der Waals surface area contributed by atoms with Gasteiger partial charge in [-0.05, 0) is 18.2 Å². The Morgan fingerprint density at radius 1 is 1.59 bits per heavy atom. The Hall–Kier alpha value is -1.10. The van der Waals surface area contributed by atoms with Crippen LogP contribution < -0.4 is 4.74 Å². The molecule has 94 valence electrons. The maximum absolute atomic E-state index is 13.4. The van der Waals surface area contributed by atoms with Crippen molar-refractivity contribution in [2.75, 3.05) is 20.7 Å². The monoisotopic (exact) mass is 303 g/mol. The van der Waals surface area contributed by atoms with Crippen LogP contribution in [0.4, 0.5) is 4.39 Å². The zero-order valence-corrected chi connectivity index (χ0v) is 11.6. The quantitative estimate of drug-likeness (QED) is 0.801. The Morgan fingerprint density at radius 2 is 2.24 bits per heavy atom. The van der Waals surface area contributed by atoms with E-state index in [0.29, 0.717) is 12.1 Å². The molecule has 1 atom stereocenters. The second-order valence-corrected chi connectivity index (χ2v) is 5.38. The molecular formula is C12H15BrFNO2. The van der Waals surface area contributed by atoms with E-state index in [9.17, 15) is 9.18 Å². The molecule has 0 aliphatic heterocycles. The smallest absolute Gasteiger partial charge is 0.253 e. The fourth-order valence-corrected chi connectivity index (χ4v) is 1.91. The van der Waals surface area contributed by atoms with Gasteiger partial charge in [-0.1, -0.05) is 22.9 Å². The van der Waals surface area contributed by atoms with Crippen molar-refractivity contribution in [1.29, 1.82) is 0 Å². The van der Waals surface area contributed by atoms with Gasteiger partial charge in [0.1, 0.15) is 0 Å². The molecule has 0 aromatic heterocycles. The Morgan fingerprint density at radius 3 is 2.71 bits per heavy atom. The van der Waals surface area contributed by atoms with Gasteiger partial charge in [0.15, 0.2) is 11.6 Å². The highest BCUT2D eigenvalue weighted by Crippen LogP contribution is 2.18. The summed E-state index contributed by atoms with van der Waals surface area (Å²) in [6.07, 6.45) is 0. The summed E-state index contributed by atoms with van der Waals surface area (Å²) in [7, 11) is 3.07. The number of rotatable bonds is 4. The van der Waals surface area contributed by atoms with E-state index in [1.165, 1.54) is 19.2 Å². The molecule has 0 aliphatic rings. The van der Waals surface area contributed by atoms with Gasteiger partial charge >= 0.3 is 0 Å². The first-order valence-corrected chi connectivity index (χ1v) is 6.10. The molecule has 1 rings (SSSR count). The van der Waals surface area contributed by atoms with Crippen LogP contribution >= 0.6 is 15.9 Å². The van der Waals surface area contributed by atoms with Crippen LogP contribution in [-0.4, -0.2) is 36.3 Å². The summed E-state index contributed by atoms with van der Waals surface area (Å²) in [6.45, 7) is 2.50. The Bertz CT molecular complexity index is 409. The number of nitrogens with zero attached hydrogens (tertiary/aromatic N) is 1. The van der Waals surface area contributed by atoms with Crippen molar-refractivity contribution in [3.05, 3.63) is 29.6 Å². The first-order chi connectivity index (χ1) is 7.95. The fraction of sp³-hybridized carbons (Fsp3) is 0.417. The topological polar surface area (TPSA) is 29.5 Å². The molecule has 0 saturated heterocycles. The first kappa shape index (κ1) is 14.0. The van der Waals surface area contributed by atoms with Gasteiger partial charge in [-0.3, -0.25) is 4.79 Å². The third-order valence-electron chi connectivity index (χ3n) is 2.27. The second-order valence-electron chi connectivity index (χ2n) is 3.82. The molecule has 0 aliphatic carbocycles. The van der Waals surface area contributed by atoms with Gasteiger partial charge in [0, 0.05) is 24.0 Å². The van der Waals surface area contributed by atoms with Crippen molar-refractivity contribution in [1.82, 2.24) is 4.90 Å². The molecule has 0 heterocycles. The second kappa shape index (κ2) is 6.00. The van der Waals surface area contributed by atoms with Crippen LogP contribution in [0.1, 0.15) is 17.3 Å². The number of hydrogen-bond donors (Lipinski definition) is 0. The van der Waals surface area contributed by atoms with E-state index in [1.54, 1.807) is 18.0 Å². The normalized spacial score (nSPS) is 12.1. The molecule has 0 saturated carbocycles. The predicted molar refractivity (Wildman–Crippen MR) is 68.3 cm³/mol. The number of halogens is 2. The number of ether oxygens (including phenoxy) is 1. The molecule has 1 aromatic rings. The molecule has 0 spiro atoms. The van der Waals surface area contributed by atoms with Crippen LogP contribution in [0.15, 0.2) is 18.2 Å². The lowest BCUT2D eigenvalue weighted by Gasteiger charge is -2.18. The third-order valence-corrected chi connectivity index (χ3v) is 2.56. The number of methoxy groups -OCH3 is 1. The van der Waals surface area contributed by atoms with Crippen LogP contribution in [0.3, 0.4) is 0 Å². The van der Waals surface area contributed by atoms with Crippen molar-refractivity contribution < 1.29 is 13.9 Å². The zero-order valence-electron chi connectivity index (χ0n) is 10.0. The number of hydrogen-bond acceptors (Lipinski definition) is 2. The first-order valence-electron chi connectivity index (χ1n) is 5.18. The van der Waals surface area contributed by atoms with Crippen LogP contribution in [0, 0.1) is 5.82 Å². The van der Waals surface area contributed by atoms with Gasteiger partial charge in [0.05, 0.1) is 7.11 Å². The zero-order chi connectivity index (χ0) is 13.0. The Kier molecular flexibility index (Phi) is 4.93. The molecule has 17 heavy (non-hydrogen) atoms. The van der Waals surface area contributed by atoms with Crippen LogP contribution in [0.2, 0.25) is 0 Å². The molecule has 5 heteroatoms. The van der Waals surface area contributed by atoms with Crippen molar-refractivity contribution in [2.24, 2.45) is 0 Å². The predicted octanol–water partition coefficient (Wildman–Crippen LogP) is 2.69. The van der Waals surface area contributed by atoms with Crippen LogP contribution in [0.5, 0.6) is 5.75 Å². The molecule has 0 radical (unpaired) electrons. The summed E-state index contributed by atoms with van der Waals surface area (Å²) in [4.78, 5) is 13.7. The largest absolute Gasteiger partial charge is 0.494 e. The fourth-order valence-electron chi connectivity index (χ4n) is 1.48. The van der Waals surface area contributed by atoms with Crippen molar-refractivity contribution in [2.45, 2.75) is 11.8 Å². The number of alkyl halides is 1. The van der Waals surface area contributed by atoms with Crippen molar-refractivity contribution in [3.63, 3.8) is 0 Å². The highest BCUT2D eigenvalue weighted by atomic mass is 79.9. The molecule has 3 nitrogen and oxygen atoms in total. The molecule has 0 bridgehead atoms. The van der Waals surface area contributed by atoms with Gasteiger partial charge in [0.25, 0.3) is 5.91 Å². The summed E-state index contributed by atoms with van der Waals surface area (Å²) in [5, 5.41) is 0. The van der Waals surface area contributed by atoms with E-state index in [4.69, 9.17) is 4.74 Å². The lowest BCUT2D eigenvalue weighted by atomic mass is 10.2. The van der Waals surface area contributed by atoms with Gasteiger partial charge in [-0.2, -0.15) is 0 Å². The van der Waals surface area contributed by atoms with Crippen molar-refractivity contribution in [3.8, 4) is 5.75 Å². The van der Waals surface area contributed by atoms with E-state index in [1.807, 2.05) is 6.92 Å². The maximum atomic E-state index is 13.4. The minimum Gasteiger partial charge on any atom is -0.494 e. The molecule has 0 fully saturated rings. The van der Waals surface area contributed by atoms with Gasteiger partial charge in [-0.15, -0.1) is 0 Å². The maximum Gasteiger partial charge on any atom is 0.253 e. The van der Waals surface area contributed by atoms with E-state index in [0.717, 1.165) is 0 Å². The van der Waals surface area contributed by atoms with E-state index in [2.05, 4.69) is 15.9 Å². The Balaban J connectivity index is 2.86. The van der Waals surface area contributed by atoms with E-state index >= 15 is 0 Å². The number of carbonyl (C=O) groups is 1. The van der Waals surface area contributed by atoms with Crippen LogP contribution in [-0.2, 0) is 0 Å². The Labute approximate surface area is 109 Å². The highest BCUT2D eigenvalue weighted by molar-refractivity contribution is 9.09. The van der Waals surface area contributed by atoms with Gasteiger partial charge in [-0.25, -0.2) is 4.39 Å². The number of amides is 1. The summed E-state index contributed by atoms with van der Waals surface area (Å²) in [5.74, 6) is -0.602. The lowest BCUT2D eigenvalue weighted by molar-refractivity contribution is 0.0797. The minimum absolute atomic E-state index is 0.137. The van der Waals surface area contributed by atoms with Gasteiger partial charge < -0.3 is 9.64 Å². The van der Waals surface area contributed by atoms with E-state index in [-0.39, 0.29) is 16.5 Å². The molecular weight excluding hydrogens is 289 g/mol. The average Bonchev–Trinajstić information content (AvgIpc) is 2.27. The number of carbonyl (C=O) groups excluding carboxylic acids is 1. The van der Waals surface area contributed by atoms with Crippen LogP contribution in [0.25, 0.3) is 0 Å². The van der Waals surface area contributed by atoms with Crippen molar-refractivity contribution >= 4 is 21.8 Å². The average molecular weight is 304 g/mol.